The zero-order chi connectivity index (χ0) is 28.1. The van der Waals surface area contributed by atoms with Gasteiger partial charge < -0.3 is 20.1 Å². The van der Waals surface area contributed by atoms with E-state index in [4.69, 9.17) is 14.9 Å². The lowest BCUT2D eigenvalue weighted by Gasteiger charge is -2.38. The Morgan fingerprint density at radius 3 is 2.67 bits per heavy atom. The Morgan fingerprint density at radius 1 is 1.23 bits per heavy atom. The van der Waals surface area contributed by atoms with Crippen LogP contribution in [0.2, 0.25) is 0 Å². The minimum Gasteiger partial charge on any atom is -0.393 e. The van der Waals surface area contributed by atoms with Crippen molar-refractivity contribution >= 4 is 17.4 Å². The van der Waals surface area contributed by atoms with Crippen molar-refractivity contribution in [3.05, 3.63) is 30.4 Å². The summed E-state index contributed by atoms with van der Waals surface area (Å²) in [6.45, 7) is 8.25. The van der Waals surface area contributed by atoms with E-state index in [2.05, 4.69) is 21.3 Å². The highest BCUT2D eigenvalue weighted by Gasteiger charge is 2.47. The predicted octanol–water partition coefficient (Wildman–Crippen LogP) is 4.20. The molecule has 3 aromatic heterocycles. The molecule has 1 atom stereocenters. The molecular weight excluding hydrogens is 506 g/mol. The van der Waals surface area contributed by atoms with Crippen molar-refractivity contribution in [2.45, 2.75) is 95.7 Å². The summed E-state index contributed by atoms with van der Waals surface area (Å²) in [6, 6.07) is 2.27. The molecule has 4 heterocycles. The van der Waals surface area contributed by atoms with Gasteiger partial charge in [0.1, 0.15) is 5.54 Å². The van der Waals surface area contributed by atoms with E-state index in [1.807, 2.05) is 48.6 Å². The number of methoxy groups -OCH3 is 1. The number of hydrogen-bond donors (Lipinski definition) is 2. The molecule has 216 valence electrons. The first-order valence-electron chi connectivity index (χ1n) is 14.9. The first kappa shape index (κ1) is 27.2. The van der Waals surface area contributed by atoms with Crippen LogP contribution in [0.3, 0.4) is 0 Å². The SMILES string of the molecule is COC[C@H](C)Nc1ncc2c(-c3cnn(C(C)(C)C(=O)N4CCC5(CCC5)C4)c3)cc(C3CCC(O)CC3)n2n1. The number of carbonyl (C=O) groups excluding carboxylic acids is 1. The Bertz CT molecular complexity index is 1370. The molecule has 2 N–H and O–H groups in total. The number of likely N-dealkylation sites (tertiary alicyclic amines) is 1. The maximum absolute atomic E-state index is 13.7. The molecule has 1 aliphatic heterocycles. The van der Waals surface area contributed by atoms with Crippen LogP contribution >= 0.6 is 0 Å². The Kier molecular flexibility index (Phi) is 7.11. The Balaban J connectivity index is 1.31. The molecule has 6 rings (SSSR count). The molecule has 10 heteroatoms. The largest absolute Gasteiger partial charge is 0.393 e. The number of nitrogens with one attached hydrogen (secondary N) is 1. The molecule has 2 aliphatic carbocycles. The molecule has 0 unspecified atom stereocenters. The summed E-state index contributed by atoms with van der Waals surface area (Å²) in [6.07, 6.45) is 13.8. The van der Waals surface area contributed by atoms with Crippen LogP contribution in [-0.2, 0) is 15.1 Å². The van der Waals surface area contributed by atoms with Gasteiger partial charge in [0.05, 0.1) is 30.6 Å². The van der Waals surface area contributed by atoms with Crippen molar-refractivity contribution in [3.63, 3.8) is 0 Å². The van der Waals surface area contributed by atoms with Gasteiger partial charge in [0.25, 0.3) is 0 Å². The number of carbonyl (C=O) groups is 1. The van der Waals surface area contributed by atoms with Crippen LogP contribution in [0.4, 0.5) is 5.95 Å². The van der Waals surface area contributed by atoms with Crippen molar-refractivity contribution in [1.82, 2.24) is 29.3 Å². The molecule has 0 aromatic carbocycles. The van der Waals surface area contributed by atoms with Crippen LogP contribution in [0.25, 0.3) is 16.6 Å². The molecule has 1 saturated heterocycles. The van der Waals surface area contributed by atoms with E-state index in [0.717, 1.165) is 67.5 Å². The predicted molar refractivity (Wildman–Crippen MR) is 153 cm³/mol. The topological polar surface area (TPSA) is 110 Å². The second kappa shape index (κ2) is 10.4. The number of aliphatic hydroxyl groups is 1. The molecule has 40 heavy (non-hydrogen) atoms. The summed E-state index contributed by atoms with van der Waals surface area (Å²) >= 11 is 0. The van der Waals surface area contributed by atoms with Gasteiger partial charge >= 0.3 is 0 Å². The van der Waals surface area contributed by atoms with E-state index in [1.54, 1.807) is 7.11 Å². The summed E-state index contributed by atoms with van der Waals surface area (Å²) < 4.78 is 9.09. The first-order chi connectivity index (χ1) is 19.2. The average molecular weight is 550 g/mol. The number of ether oxygens (including phenoxy) is 1. The highest BCUT2D eigenvalue weighted by Crippen LogP contribution is 2.48. The van der Waals surface area contributed by atoms with E-state index >= 15 is 0 Å². The number of aliphatic hydroxyl groups excluding tert-OH is 1. The van der Waals surface area contributed by atoms with E-state index in [9.17, 15) is 9.90 Å². The Morgan fingerprint density at radius 2 is 2.00 bits per heavy atom. The summed E-state index contributed by atoms with van der Waals surface area (Å²) in [5.41, 5.74) is 3.55. The van der Waals surface area contributed by atoms with Gasteiger partial charge in [-0.15, -0.1) is 5.10 Å². The number of aromatic nitrogens is 5. The van der Waals surface area contributed by atoms with Crippen molar-refractivity contribution in [2.24, 2.45) is 5.41 Å². The maximum Gasteiger partial charge on any atom is 0.249 e. The van der Waals surface area contributed by atoms with Gasteiger partial charge in [-0.05, 0) is 77.2 Å². The summed E-state index contributed by atoms with van der Waals surface area (Å²) in [5.74, 6) is 0.984. The fourth-order valence-electron chi connectivity index (χ4n) is 6.93. The molecule has 2 saturated carbocycles. The van der Waals surface area contributed by atoms with Crippen LogP contribution in [0.15, 0.2) is 24.7 Å². The lowest BCUT2D eigenvalue weighted by molar-refractivity contribution is -0.139. The second-order valence-electron chi connectivity index (χ2n) is 12.9. The highest BCUT2D eigenvalue weighted by atomic mass is 16.5. The Labute approximate surface area is 236 Å². The lowest BCUT2D eigenvalue weighted by Crippen LogP contribution is -2.47. The summed E-state index contributed by atoms with van der Waals surface area (Å²) in [4.78, 5) is 20.3. The average Bonchev–Trinajstić information content (AvgIpc) is 3.66. The number of fused-ring (bicyclic) bond motifs is 1. The van der Waals surface area contributed by atoms with Gasteiger partial charge in [-0.1, -0.05) is 6.42 Å². The zero-order valence-corrected chi connectivity index (χ0v) is 24.3. The fourth-order valence-corrected chi connectivity index (χ4v) is 6.93. The minimum absolute atomic E-state index is 0.0681. The van der Waals surface area contributed by atoms with Gasteiger partial charge in [0.15, 0.2) is 0 Å². The molecule has 0 bridgehead atoms. The van der Waals surface area contributed by atoms with Gasteiger partial charge in [0.2, 0.25) is 11.9 Å². The third kappa shape index (κ3) is 4.89. The summed E-state index contributed by atoms with van der Waals surface area (Å²) in [5, 5.41) is 23.0. The molecule has 3 aromatic rings. The smallest absolute Gasteiger partial charge is 0.249 e. The lowest BCUT2D eigenvalue weighted by atomic mass is 9.68. The monoisotopic (exact) mass is 549 g/mol. The number of anilines is 1. The zero-order valence-electron chi connectivity index (χ0n) is 24.3. The van der Waals surface area contributed by atoms with Crippen LogP contribution in [0.1, 0.15) is 83.7 Å². The second-order valence-corrected chi connectivity index (χ2v) is 12.9. The highest BCUT2D eigenvalue weighted by molar-refractivity contribution is 5.85. The van der Waals surface area contributed by atoms with Gasteiger partial charge in [0, 0.05) is 55.2 Å². The van der Waals surface area contributed by atoms with Gasteiger partial charge in [-0.3, -0.25) is 9.48 Å². The molecule has 3 aliphatic rings. The van der Waals surface area contributed by atoms with Crippen LogP contribution < -0.4 is 5.32 Å². The van der Waals surface area contributed by atoms with Crippen molar-refractivity contribution in [2.75, 3.05) is 32.1 Å². The van der Waals surface area contributed by atoms with Crippen molar-refractivity contribution < 1.29 is 14.6 Å². The third-order valence-corrected chi connectivity index (χ3v) is 9.58. The standard InChI is InChI=1S/C30H43N7O3/c1-20(18-40-4)33-28-31-16-26-24(14-25(37(26)34-28)21-6-8-23(38)9-7-21)22-15-32-36(17-22)29(2,3)27(39)35-13-12-30(19-35)10-5-11-30/h14-17,20-21,23,38H,5-13,18-19H2,1-4H3,(H,33,34)/t20-,21?,23?/m0/s1. The van der Waals surface area contributed by atoms with E-state index in [1.165, 1.54) is 19.3 Å². The van der Waals surface area contributed by atoms with Gasteiger partial charge in [-0.2, -0.15) is 5.10 Å². The van der Waals surface area contributed by atoms with E-state index in [-0.39, 0.29) is 18.1 Å². The van der Waals surface area contributed by atoms with Crippen molar-refractivity contribution in [1.29, 1.82) is 0 Å². The van der Waals surface area contributed by atoms with Crippen LogP contribution in [0, 0.1) is 5.41 Å². The Hall–Kier alpha value is -2.98. The van der Waals surface area contributed by atoms with Crippen LogP contribution in [-0.4, -0.2) is 79.2 Å². The molecule has 10 nitrogen and oxygen atoms in total. The number of rotatable bonds is 8. The first-order valence-corrected chi connectivity index (χ1v) is 14.9. The molecule has 3 fully saturated rings. The van der Waals surface area contributed by atoms with Crippen molar-refractivity contribution in [3.8, 4) is 11.1 Å². The fraction of sp³-hybridized carbons (Fsp3) is 0.667. The van der Waals surface area contributed by atoms with E-state index < -0.39 is 5.54 Å². The maximum atomic E-state index is 13.7. The molecule has 1 amide bonds. The number of hydrogen-bond acceptors (Lipinski definition) is 7. The number of nitrogens with zero attached hydrogens (tertiary/aromatic N) is 6. The summed E-state index contributed by atoms with van der Waals surface area (Å²) in [7, 11) is 1.68. The number of amides is 1. The molecular formula is C30H43N7O3. The molecule has 1 spiro atoms. The quantitative estimate of drug-likeness (QED) is 0.433. The van der Waals surface area contributed by atoms with Crippen LogP contribution in [0.5, 0.6) is 0 Å². The third-order valence-electron chi connectivity index (χ3n) is 9.58. The molecule has 0 radical (unpaired) electrons. The normalized spacial score (nSPS) is 23.5. The van der Waals surface area contributed by atoms with Gasteiger partial charge in [-0.25, -0.2) is 9.50 Å². The van der Waals surface area contributed by atoms with E-state index in [0.29, 0.717) is 23.9 Å². The minimum atomic E-state index is -0.781.